The maximum absolute atomic E-state index is 12.3. The van der Waals surface area contributed by atoms with Crippen LogP contribution in [0.5, 0.6) is 5.75 Å². The highest BCUT2D eigenvalue weighted by atomic mass is 32.2. The molecule has 2 heterocycles. The van der Waals surface area contributed by atoms with Gasteiger partial charge in [-0.25, -0.2) is 4.79 Å². The van der Waals surface area contributed by atoms with Crippen LogP contribution in [0, 0.1) is 6.92 Å². The molecule has 0 fully saturated rings. The van der Waals surface area contributed by atoms with Crippen molar-refractivity contribution in [1.82, 2.24) is 25.2 Å². The molecule has 2 aromatic heterocycles. The number of pyridine rings is 1. The number of nitrogens with zero attached hydrogens (tertiary/aromatic N) is 3. The van der Waals surface area contributed by atoms with Gasteiger partial charge in [0.15, 0.2) is 10.8 Å². The van der Waals surface area contributed by atoms with Crippen molar-refractivity contribution >= 4 is 40.3 Å². The summed E-state index contributed by atoms with van der Waals surface area (Å²) in [5.41, 5.74) is 2.66. The second-order valence-electron chi connectivity index (χ2n) is 6.76. The molecule has 9 heteroatoms. The Morgan fingerprint density at radius 2 is 1.93 bits per heavy atom. The van der Waals surface area contributed by atoms with E-state index in [1.54, 1.807) is 14.0 Å². The minimum Gasteiger partial charge on any atom is -0.497 e. The smallest absolute Gasteiger partial charge is 0.321 e. The summed E-state index contributed by atoms with van der Waals surface area (Å²) in [5, 5.41) is 14.5. The molecule has 0 aliphatic carbocycles. The number of carbonyl (C=O) groups is 2. The van der Waals surface area contributed by atoms with E-state index in [0.717, 1.165) is 22.2 Å². The zero-order chi connectivity index (χ0) is 20.4. The van der Waals surface area contributed by atoms with Gasteiger partial charge in [0, 0.05) is 17.5 Å². The molecule has 1 unspecified atom stereocenters. The second kappa shape index (κ2) is 8.05. The van der Waals surface area contributed by atoms with Gasteiger partial charge in [-0.3, -0.25) is 14.5 Å². The van der Waals surface area contributed by atoms with Crippen LogP contribution in [0.15, 0.2) is 29.4 Å². The van der Waals surface area contributed by atoms with Crippen LogP contribution in [0.2, 0.25) is 0 Å². The van der Waals surface area contributed by atoms with Crippen molar-refractivity contribution in [3.05, 3.63) is 29.8 Å². The average Bonchev–Trinajstić information content (AvgIpc) is 3.03. The number of aromatic nitrogens is 3. The minimum atomic E-state index is -0.535. The molecule has 0 aliphatic rings. The largest absolute Gasteiger partial charge is 0.497 e. The number of thioether (sulfide) groups is 1. The van der Waals surface area contributed by atoms with Crippen LogP contribution >= 0.6 is 11.8 Å². The molecular formula is C19H23N5O3S. The van der Waals surface area contributed by atoms with Crippen LogP contribution in [0.4, 0.5) is 4.79 Å². The van der Waals surface area contributed by atoms with Crippen LogP contribution in [0.3, 0.4) is 0 Å². The molecular weight excluding hydrogens is 378 g/mol. The third-order valence-corrected chi connectivity index (χ3v) is 5.23. The van der Waals surface area contributed by atoms with Gasteiger partial charge in [-0.1, -0.05) is 11.8 Å². The highest BCUT2D eigenvalue weighted by Crippen LogP contribution is 2.30. The third-order valence-electron chi connectivity index (χ3n) is 4.18. The lowest BCUT2D eigenvalue weighted by molar-refractivity contribution is -0.119. The molecule has 1 aromatic carbocycles. The van der Waals surface area contributed by atoms with Crippen LogP contribution < -0.4 is 15.4 Å². The van der Waals surface area contributed by atoms with Crippen molar-refractivity contribution in [3.63, 3.8) is 0 Å². The summed E-state index contributed by atoms with van der Waals surface area (Å²) < 4.78 is 7.25. The number of carbonyl (C=O) groups excluding carboxylic acids is 2. The topological polar surface area (TPSA) is 97.6 Å². The summed E-state index contributed by atoms with van der Waals surface area (Å²) in [6.07, 6.45) is 0. The first-order chi connectivity index (χ1) is 13.3. The Kier molecular flexibility index (Phi) is 5.73. The third kappa shape index (κ3) is 4.04. The summed E-state index contributed by atoms with van der Waals surface area (Å²) >= 11 is 1.24. The molecule has 0 aliphatic heterocycles. The molecule has 3 amide bonds. The SMILES string of the molecule is COc1ccc2c(C)cc3nnc(SC(C)C(=O)NC(=O)NC(C)C)n3c2c1. The Labute approximate surface area is 167 Å². The molecule has 1 atom stereocenters. The fourth-order valence-corrected chi connectivity index (χ4v) is 3.70. The van der Waals surface area contributed by atoms with Crippen molar-refractivity contribution in [2.45, 2.75) is 44.1 Å². The summed E-state index contributed by atoms with van der Waals surface area (Å²) in [6, 6.07) is 7.20. The first kappa shape index (κ1) is 19.9. The monoisotopic (exact) mass is 401 g/mol. The Morgan fingerprint density at radius 3 is 2.61 bits per heavy atom. The second-order valence-corrected chi connectivity index (χ2v) is 8.07. The zero-order valence-electron chi connectivity index (χ0n) is 16.4. The molecule has 0 saturated carbocycles. The number of benzene rings is 1. The molecule has 2 N–H and O–H groups in total. The maximum Gasteiger partial charge on any atom is 0.321 e. The summed E-state index contributed by atoms with van der Waals surface area (Å²) in [4.78, 5) is 24.1. The van der Waals surface area contributed by atoms with Gasteiger partial charge in [-0.05, 0) is 51.5 Å². The Bertz CT molecular complexity index is 1050. The maximum atomic E-state index is 12.3. The standard InChI is InChI=1S/C19H23N5O3S/c1-10(2)20-18(26)21-17(25)12(4)28-19-23-22-16-8-11(3)14-7-6-13(27-5)9-15(14)24(16)19/h6-10,12H,1-5H3,(H2,20,21,25,26). The normalized spacial score (nSPS) is 12.4. The average molecular weight is 401 g/mol. The van der Waals surface area contributed by atoms with Crippen molar-refractivity contribution < 1.29 is 14.3 Å². The van der Waals surface area contributed by atoms with Gasteiger partial charge in [-0.15, -0.1) is 10.2 Å². The molecule has 0 spiro atoms. The quantitative estimate of drug-likeness (QED) is 0.638. The van der Waals surface area contributed by atoms with Gasteiger partial charge in [0.2, 0.25) is 5.91 Å². The van der Waals surface area contributed by atoms with Gasteiger partial charge < -0.3 is 10.1 Å². The van der Waals surface area contributed by atoms with Crippen LogP contribution in [-0.2, 0) is 4.79 Å². The van der Waals surface area contributed by atoms with E-state index < -0.39 is 17.2 Å². The fourth-order valence-electron chi connectivity index (χ4n) is 2.83. The van der Waals surface area contributed by atoms with E-state index in [1.807, 2.05) is 49.4 Å². The first-order valence-corrected chi connectivity index (χ1v) is 9.78. The number of amides is 3. The number of nitrogens with one attached hydrogen (secondary N) is 2. The summed E-state index contributed by atoms with van der Waals surface area (Å²) in [7, 11) is 1.62. The van der Waals surface area contributed by atoms with Gasteiger partial charge in [0.05, 0.1) is 17.9 Å². The number of rotatable bonds is 5. The van der Waals surface area contributed by atoms with E-state index in [-0.39, 0.29) is 6.04 Å². The molecule has 28 heavy (non-hydrogen) atoms. The lowest BCUT2D eigenvalue weighted by atomic mass is 10.1. The molecule has 0 radical (unpaired) electrons. The zero-order valence-corrected chi connectivity index (χ0v) is 17.3. The Morgan fingerprint density at radius 1 is 1.18 bits per heavy atom. The fraction of sp³-hybridized carbons (Fsp3) is 0.368. The van der Waals surface area contributed by atoms with Crippen molar-refractivity contribution in [1.29, 1.82) is 0 Å². The van der Waals surface area contributed by atoms with Crippen LogP contribution in [0.1, 0.15) is 26.3 Å². The number of urea groups is 1. The van der Waals surface area contributed by atoms with Crippen molar-refractivity contribution in [3.8, 4) is 5.75 Å². The van der Waals surface area contributed by atoms with E-state index in [1.165, 1.54) is 11.8 Å². The number of aryl methyl sites for hydroxylation is 1. The van der Waals surface area contributed by atoms with Crippen LogP contribution in [0.25, 0.3) is 16.6 Å². The summed E-state index contributed by atoms with van der Waals surface area (Å²) in [6.45, 7) is 7.39. The van der Waals surface area contributed by atoms with E-state index in [4.69, 9.17) is 4.74 Å². The molecule has 3 rings (SSSR count). The van der Waals surface area contributed by atoms with Gasteiger partial charge in [0.25, 0.3) is 0 Å². The highest BCUT2D eigenvalue weighted by Gasteiger charge is 2.21. The van der Waals surface area contributed by atoms with Crippen LogP contribution in [-0.4, -0.2) is 44.9 Å². The lowest BCUT2D eigenvalue weighted by Gasteiger charge is -2.13. The molecule has 3 aromatic rings. The van der Waals surface area contributed by atoms with Gasteiger partial charge in [-0.2, -0.15) is 0 Å². The van der Waals surface area contributed by atoms with Gasteiger partial charge >= 0.3 is 6.03 Å². The predicted octanol–water partition coefficient (Wildman–Crippen LogP) is 2.91. The first-order valence-electron chi connectivity index (χ1n) is 8.90. The Hall–Kier alpha value is -2.81. The number of fused-ring (bicyclic) bond motifs is 3. The lowest BCUT2D eigenvalue weighted by Crippen LogP contribution is -2.45. The molecule has 0 saturated heterocycles. The minimum absolute atomic E-state index is 0.0548. The van der Waals surface area contributed by atoms with E-state index >= 15 is 0 Å². The summed E-state index contributed by atoms with van der Waals surface area (Å²) in [5.74, 6) is 0.328. The number of ether oxygens (including phenoxy) is 1. The van der Waals surface area contributed by atoms with Gasteiger partial charge in [0.1, 0.15) is 5.75 Å². The van der Waals surface area contributed by atoms with E-state index in [2.05, 4.69) is 20.8 Å². The molecule has 8 nitrogen and oxygen atoms in total. The highest BCUT2D eigenvalue weighted by molar-refractivity contribution is 8.00. The van der Waals surface area contributed by atoms with E-state index in [9.17, 15) is 9.59 Å². The number of imide groups is 1. The Balaban J connectivity index is 1.92. The molecule has 0 bridgehead atoms. The van der Waals surface area contributed by atoms with E-state index in [0.29, 0.717) is 10.8 Å². The van der Waals surface area contributed by atoms with Crippen molar-refractivity contribution in [2.24, 2.45) is 0 Å². The predicted molar refractivity (Wildman–Crippen MR) is 109 cm³/mol. The van der Waals surface area contributed by atoms with Crippen molar-refractivity contribution in [2.75, 3.05) is 7.11 Å². The number of hydrogen-bond acceptors (Lipinski definition) is 6. The molecule has 148 valence electrons. The number of methoxy groups -OCH3 is 1. The number of hydrogen-bond donors (Lipinski definition) is 2.